The molecule has 0 unspecified atom stereocenters. The molecular formula is C24H38N8O4S2. The summed E-state index contributed by atoms with van der Waals surface area (Å²) in [5.41, 5.74) is 7.12. The molecule has 8 N–H and O–H groups in total. The van der Waals surface area contributed by atoms with Crippen LogP contribution in [0, 0.1) is 4.64 Å². The number of allylic oxidation sites excluding steroid dienone is 1. The molecule has 3 heterocycles. The van der Waals surface area contributed by atoms with Crippen molar-refractivity contribution in [2.45, 2.75) is 13.3 Å². The minimum atomic E-state index is -0.343. The number of nitrogens with zero attached hydrogens (tertiary/aromatic N) is 1. The normalized spacial score (nSPS) is 19.9. The van der Waals surface area contributed by atoms with Crippen LogP contribution in [0.5, 0.6) is 0 Å². The Morgan fingerprint density at radius 1 is 1.00 bits per heavy atom. The number of aromatic nitrogens is 1. The van der Waals surface area contributed by atoms with E-state index in [1.165, 1.54) is 12.1 Å². The molecule has 12 nitrogen and oxygen atoms in total. The van der Waals surface area contributed by atoms with Crippen molar-refractivity contribution in [3.8, 4) is 0 Å². The van der Waals surface area contributed by atoms with Gasteiger partial charge in [-0.25, -0.2) is 0 Å². The third-order valence-corrected chi connectivity index (χ3v) is 6.12. The van der Waals surface area contributed by atoms with E-state index >= 15 is 0 Å². The van der Waals surface area contributed by atoms with E-state index in [4.69, 9.17) is 34.9 Å². The smallest absolute Gasteiger partial charge is 0.267 e. The van der Waals surface area contributed by atoms with Crippen molar-refractivity contribution in [1.82, 2.24) is 36.5 Å². The number of H-pyrrole nitrogens is 1. The Morgan fingerprint density at radius 2 is 1.71 bits per heavy atom. The summed E-state index contributed by atoms with van der Waals surface area (Å²) in [5, 5.41) is 14.8. The second kappa shape index (κ2) is 17.7. The minimum absolute atomic E-state index is 0.0771. The zero-order valence-corrected chi connectivity index (χ0v) is 23.3. The van der Waals surface area contributed by atoms with Crippen molar-refractivity contribution >= 4 is 47.1 Å². The van der Waals surface area contributed by atoms with Crippen molar-refractivity contribution in [1.29, 1.82) is 0 Å². The van der Waals surface area contributed by atoms with Gasteiger partial charge in [0.15, 0.2) is 0 Å². The van der Waals surface area contributed by atoms with E-state index < -0.39 is 0 Å². The maximum Gasteiger partial charge on any atom is 0.267 e. The van der Waals surface area contributed by atoms with Crippen molar-refractivity contribution in [3.05, 3.63) is 39.8 Å². The molecule has 14 heteroatoms. The van der Waals surface area contributed by atoms with Gasteiger partial charge in [0.1, 0.15) is 10.3 Å². The summed E-state index contributed by atoms with van der Waals surface area (Å²) in [4.78, 5) is 42.7. The van der Waals surface area contributed by atoms with Gasteiger partial charge in [-0.05, 0) is 19.1 Å². The van der Waals surface area contributed by atoms with Crippen molar-refractivity contribution in [2.24, 2.45) is 5.73 Å². The lowest BCUT2D eigenvalue weighted by Crippen LogP contribution is -2.42. The highest BCUT2D eigenvalue weighted by atomic mass is 32.1. The molecule has 2 bridgehead atoms. The van der Waals surface area contributed by atoms with E-state index in [0.29, 0.717) is 77.1 Å². The summed E-state index contributed by atoms with van der Waals surface area (Å²) < 4.78 is 5.72. The molecular weight excluding hydrogens is 528 g/mol. The van der Waals surface area contributed by atoms with Crippen LogP contribution in [-0.4, -0.2) is 105 Å². The standard InChI is InChI=1S/C24H38N8O4S2/c1-2-17-16-26-8-13-36-14-9-29-23(35)19-4-3-18(24(38)31-19)22(34)28-7-12-32(10-5-25)11-6-27-20(33)15-21(37)30-17/h2-4,26H,5-16,25H2,1H3,(H,27,33)(H,28,34)(H,29,35)(H,30,37)(H,31,38)/b17-2-. The van der Waals surface area contributed by atoms with Gasteiger partial charge in [-0.3, -0.25) is 19.3 Å². The maximum absolute atomic E-state index is 12.6. The third-order valence-electron chi connectivity index (χ3n) is 5.55. The summed E-state index contributed by atoms with van der Waals surface area (Å²) >= 11 is 10.6. The van der Waals surface area contributed by atoms with Crippen LogP contribution in [0.4, 0.5) is 0 Å². The highest BCUT2D eigenvalue weighted by Gasteiger charge is 2.13. The number of carbonyl (C=O) groups is 3. The average molecular weight is 567 g/mol. The summed E-state index contributed by atoms with van der Waals surface area (Å²) in [7, 11) is 0. The van der Waals surface area contributed by atoms with Crippen LogP contribution in [0.2, 0.25) is 0 Å². The molecule has 38 heavy (non-hydrogen) atoms. The molecule has 1 aromatic rings. The summed E-state index contributed by atoms with van der Waals surface area (Å²) in [6.07, 6.45) is 1.97. The van der Waals surface area contributed by atoms with Crippen molar-refractivity contribution in [2.75, 3.05) is 72.1 Å². The Kier molecular flexibility index (Phi) is 14.7. The van der Waals surface area contributed by atoms with Crippen molar-refractivity contribution < 1.29 is 19.1 Å². The number of thiocarbonyl (C=S) groups is 1. The number of pyridine rings is 1. The zero-order chi connectivity index (χ0) is 27.8. The molecule has 0 atom stereocenters. The Bertz CT molecular complexity index is 1050. The van der Waals surface area contributed by atoms with Crippen LogP contribution in [0.15, 0.2) is 23.9 Å². The van der Waals surface area contributed by atoms with Gasteiger partial charge < -0.3 is 42.0 Å². The molecule has 0 spiro atoms. The van der Waals surface area contributed by atoms with Gasteiger partial charge in [-0.15, -0.1) is 0 Å². The molecule has 210 valence electrons. The number of nitrogens with one attached hydrogen (secondary N) is 6. The lowest BCUT2D eigenvalue weighted by atomic mass is 10.2. The molecule has 0 fully saturated rings. The number of hydrogen-bond acceptors (Lipinski definition) is 9. The van der Waals surface area contributed by atoms with Crippen LogP contribution in [-0.2, 0) is 9.53 Å². The lowest BCUT2D eigenvalue weighted by Gasteiger charge is -2.22. The molecule has 0 saturated heterocycles. The number of nitrogens with two attached hydrogens (primary N) is 1. The SMILES string of the molecule is C/C=C1/CNCCOCCNC(=O)c2ccc(c(=S)[nH]2)C(=O)NCCN(CCN)CCNC(=O)CC(=S)N1. The predicted molar refractivity (Wildman–Crippen MR) is 153 cm³/mol. The van der Waals surface area contributed by atoms with Crippen LogP contribution in [0.1, 0.15) is 34.2 Å². The number of ether oxygens (including phenoxy) is 1. The Hall–Kier alpha value is -2.75. The number of amides is 3. The first-order valence-electron chi connectivity index (χ1n) is 12.6. The second-order valence-electron chi connectivity index (χ2n) is 8.43. The molecule has 0 aromatic carbocycles. The number of hydrogen-bond donors (Lipinski definition) is 7. The highest BCUT2D eigenvalue weighted by molar-refractivity contribution is 7.80. The van der Waals surface area contributed by atoms with E-state index in [1.807, 2.05) is 17.9 Å². The monoisotopic (exact) mass is 566 g/mol. The third kappa shape index (κ3) is 11.8. The van der Waals surface area contributed by atoms with Gasteiger partial charge in [0.2, 0.25) is 5.91 Å². The topological polar surface area (TPSA) is 166 Å². The first-order valence-corrected chi connectivity index (χ1v) is 13.4. The molecule has 2 aliphatic heterocycles. The number of carbonyl (C=O) groups excluding carboxylic acids is 3. The fourth-order valence-electron chi connectivity index (χ4n) is 3.53. The molecule has 0 aliphatic carbocycles. The summed E-state index contributed by atoms with van der Waals surface area (Å²) in [6.45, 7) is 7.06. The average Bonchev–Trinajstić information content (AvgIpc) is 2.88. The molecule has 1 aromatic heterocycles. The van der Waals surface area contributed by atoms with Gasteiger partial charge in [0.05, 0.1) is 30.2 Å². The predicted octanol–water partition coefficient (Wildman–Crippen LogP) is -0.589. The van der Waals surface area contributed by atoms with Gasteiger partial charge in [0.25, 0.3) is 11.8 Å². The maximum atomic E-state index is 12.6. The van der Waals surface area contributed by atoms with E-state index in [-0.39, 0.29) is 40.0 Å². The van der Waals surface area contributed by atoms with Gasteiger partial charge >= 0.3 is 0 Å². The highest BCUT2D eigenvalue weighted by Crippen LogP contribution is 2.04. The fourth-order valence-corrected chi connectivity index (χ4v) is 4.06. The first-order chi connectivity index (χ1) is 18.3. The summed E-state index contributed by atoms with van der Waals surface area (Å²) in [5.74, 6) is -0.855. The van der Waals surface area contributed by atoms with Crippen LogP contribution in [0.25, 0.3) is 0 Å². The number of fused-ring (bicyclic) bond motifs is 23. The minimum Gasteiger partial charge on any atom is -0.378 e. The van der Waals surface area contributed by atoms with E-state index in [9.17, 15) is 14.4 Å². The van der Waals surface area contributed by atoms with Crippen LogP contribution < -0.4 is 32.3 Å². The Labute approximate surface area is 233 Å². The molecule has 0 radical (unpaired) electrons. The van der Waals surface area contributed by atoms with Gasteiger partial charge in [0, 0.05) is 64.6 Å². The molecule has 0 saturated carbocycles. The van der Waals surface area contributed by atoms with E-state index in [2.05, 4.69) is 31.6 Å². The van der Waals surface area contributed by atoms with Crippen molar-refractivity contribution in [3.63, 3.8) is 0 Å². The number of rotatable bonds is 2. The van der Waals surface area contributed by atoms with Crippen LogP contribution >= 0.6 is 24.4 Å². The largest absolute Gasteiger partial charge is 0.378 e. The van der Waals surface area contributed by atoms with E-state index in [1.54, 1.807) is 0 Å². The van der Waals surface area contributed by atoms with E-state index in [0.717, 1.165) is 5.70 Å². The summed E-state index contributed by atoms with van der Waals surface area (Å²) in [6, 6.07) is 3.05. The van der Waals surface area contributed by atoms with Gasteiger partial charge in [-0.2, -0.15) is 0 Å². The molecule has 2 aliphatic rings. The quantitative estimate of drug-likeness (QED) is 0.182. The first kappa shape index (κ1) is 31.5. The molecule has 3 rings (SSSR count). The van der Waals surface area contributed by atoms with Gasteiger partial charge in [-0.1, -0.05) is 30.5 Å². The fraction of sp³-hybridized carbons (Fsp3) is 0.542. The Morgan fingerprint density at radius 3 is 2.42 bits per heavy atom. The molecule has 3 amide bonds. The van der Waals surface area contributed by atoms with Crippen LogP contribution in [0.3, 0.4) is 0 Å². The second-order valence-corrected chi connectivity index (χ2v) is 9.34. The Balaban J connectivity index is 2.03. The zero-order valence-electron chi connectivity index (χ0n) is 21.7. The lowest BCUT2D eigenvalue weighted by molar-refractivity contribution is -0.119. The number of aromatic amines is 1.